The molecule has 0 radical (unpaired) electrons. The number of aromatic nitrogens is 2. The van der Waals surface area contributed by atoms with Crippen LogP contribution in [0.4, 0.5) is 0 Å². The summed E-state index contributed by atoms with van der Waals surface area (Å²) in [6.07, 6.45) is 9.45. The summed E-state index contributed by atoms with van der Waals surface area (Å²) < 4.78 is 0. The minimum absolute atomic E-state index is 0.847. The van der Waals surface area contributed by atoms with Gasteiger partial charge in [-0.15, -0.1) is 0 Å². The SMILES string of the molecule is CC1=CC(C)=N/C1=C/c1[nH]c(Cc2[nH]c(/C=C3/N=C(C)C=C3C)c(C)c2C)c(C)c1C. The molecule has 2 N–H and O–H groups in total. The van der Waals surface area contributed by atoms with E-state index in [0.29, 0.717) is 0 Å². The van der Waals surface area contributed by atoms with Gasteiger partial charge in [-0.3, -0.25) is 9.98 Å². The van der Waals surface area contributed by atoms with Gasteiger partial charge in [-0.1, -0.05) is 0 Å². The van der Waals surface area contributed by atoms with E-state index in [1.807, 2.05) is 13.8 Å². The summed E-state index contributed by atoms with van der Waals surface area (Å²) in [7, 11) is 0. The van der Waals surface area contributed by atoms with E-state index in [1.54, 1.807) is 0 Å². The molecule has 0 saturated carbocycles. The van der Waals surface area contributed by atoms with Gasteiger partial charge in [-0.2, -0.15) is 0 Å². The Balaban J connectivity index is 1.65. The molecule has 2 aliphatic heterocycles. The Morgan fingerprint density at radius 3 is 1.32 bits per heavy atom. The maximum atomic E-state index is 4.66. The number of rotatable bonds is 4. The Hall–Kier alpha value is -3.14. The summed E-state index contributed by atoms with van der Waals surface area (Å²) in [5.74, 6) is 0. The molecule has 0 fully saturated rings. The van der Waals surface area contributed by atoms with Gasteiger partial charge in [0.05, 0.1) is 11.4 Å². The van der Waals surface area contributed by atoms with E-state index in [2.05, 4.69) is 85.8 Å². The fourth-order valence-corrected chi connectivity index (χ4v) is 4.34. The second-order valence-corrected chi connectivity index (χ2v) is 8.93. The summed E-state index contributed by atoms with van der Waals surface area (Å²) in [6.45, 7) is 17.1. The molecule has 0 unspecified atom stereocenters. The molecule has 0 aliphatic carbocycles. The van der Waals surface area contributed by atoms with Crippen LogP contribution in [0.25, 0.3) is 12.2 Å². The van der Waals surface area contributed by atoms with Crippen molar-refractivity contribution >= 4 is 23.6 Å². The molecular formula is C27H32N4. The number of hydrogen-bond acceptors (Lipinski definition) is 2. The summed E-state index contributed by atoms with van der Waals surface area (Å²) in [5, 5.41) is 0. The minimum atomic E-state index is 0.847. The molecule has 0 spiro atoms. The molecule has 2 aliphatic rings. The number of nitrogens with zero attached hydrogens (tertiary/aromatic N) is 2. The Labute approximate surface area is 185 Å². The normalized spacial score (nSPS) is 18.7. The molecule has 2 aromatic rings. The molecule has 4 heterocycles. The summed E-state index contributed by atoms with van der Waals surface area (Å²) in [4.78, 5) is 16.6. The van der Waals surface area contributed by atoms with Gasteiger partial charge < -0.3 is 9.97 Å². The van der Waals surface area contributed by atoms with Crippen LogP contribution in [0.5, 0.6) is 0 Å². The third kappa shape index (κ3) is 3.95. The van der Waals surface area contributed by atoms with E-state index in [9.17, 15) is 0 Å². The van der Waals surface area contributed by atoms with Crippen LogP contribution >= 0.6 is 0 Å². The number of H-pyrrole nitrogens is 2. The quantitative estimate of drug-likeness (QED) is 0.562. The average Bonchev–Trinajstić information content (AvgIpc) is 3.36. The van der Waals surface area contributed by atoms with Gasteiger partial charge in [0, 0.05) is 40.6 Å². The molecule has 0 amide bonds. The van der Waals surface area contributed by atoms with Crippen LogP contribution in [0.1, 0.15) is 72.7 Å². The van der Waals surface area contributed by atoms with Crippen molar-refractivity contribution in [2.24, 2.45) is 9.98 Å². The first kappa shape index (κ1) is 21.1. The smallest absolute Gasteiger partial charge is 0.0683 e. The van der Waals surface area contributed by atoms with Crippen LogP contribution < -0.4 is 0 Å². The van der Waals surface area contributed by atoms with E-state index in [-0.39, 0.29) is 0 Å². The van der Waals surface area contributed by atoms with Crippen molar-refractivity contribution in [1.82, 2.24) is 9.97 Å². The van der Waals surface area contributed by atoms with Gasteiger partial charge in [0.15, 0.2) is 0 Å². The standard InChI is InChI=1S/C27H32N4/c1-14-9-16(3)28-22(14)11-24-18(5)20(7)26(30-24)13-27-21(8)19(6)25(31-27)12-23-15(2)10-17(4)29-23/h9-12,30-31H,13H2,1-8H3/b22-11+,23-12+. The van der Waals surface area contributed by atoms with Crippen molar-refractivity contribution in [1.29, 1.82) is 0 Å². The third-order valence-electron chi connectivity index (χ3n) is 6.58. The van der Waals surface area contributed by atoms with E-state index in [0.717, 1.165) is 40.6 Å². The number of hydrogen-bond donors (Lipinski definition) is 2. The van der Waals surface area contributed by atoms with E-state index in [4.69, 9.17) is 0 Å². The van der Waals surface area contributed by atoms with Crippen LogP contribution in [0.15, 0.2) is 44.7 Å². The molecule has 0 atom stereocenters. The fourth-order valence-electron chi connectivity index (χ4n) is 4.34. The van der Waals surface area contributed by atoms with E-state index in [1.165, 1.54) is 44.8 Å². The van der Waals surface area contributed by atoms with Crippen LogP contribution in [-0.2, 0) is 6.42 Å². The first-order chi connectivity index (χ1) is 14.6. The predicted octanol–water partition coefficient (Wildman–Crippen LogP) is 6.69. The highest BCUT2D eigenvalue weighted by Gasteiger charge is 2.17. The lowest BCUT2D eigenvalue weighted by molar-refractivity contribution is 1.02. The number of aromatic amines is 2. The first-order valence-electron chi connectivity index (χ1n) is 10.9. The Kier molecular flexibility index (Phi) is 5.34. The zero-order valence-electron chi connectivity index (χ0n) is 19.9. The fraction of sp³-hybridized carbons (Fsp3) is 0.333. The molecule has 0 aromatic carbocycles. The molecular weight excluding hydrogens is 380 g/mol. The van der Waals surface area contributed by atoms with Crippen molar-refractivity contribution < 1.29 is 0 Å². The zero-order chi connectivity index (χ0) is 22.4. The monoisotopic (exact) mass is 412 g/mol. The highest BCUT2D eigenvalue weighted by Crippen LogP contribution is 2.29. The lowest BCUT2D eigenvalue weighted by Gasteiger charge is -2.01. The first-order valence-corrected chi connectivity index (χ1v) is 10.9. The number of aliphatic imine (C=N–C) groups is 2. The molecule has 4 heteroatoms. The predicted molar refractivity (Wildman–Crippen MR) is 133 cm³/mol. The lowest BCUT2D eigenvalue weighted by Crippen LogP contribution is -1.94. The molecule has 2 aromatic heterocycles. The summed E-state index contributed by atoms with van der Waals surface area (Å²) in [5.41, 5.74) is 16.6. The highest BCUT2D eigenvalue weighted by molar-refractivity contribution is 5.99. The molecule has 0 bridgehead atoms. The average molecular weight is 413 g/mol. The van der Waals surface area contributed by atoms with Crippen LogP contribution in [-0.4, -0.2) is 21.4 Å². The Morgan fingerprint density at radius 2 is 1.00 bits per heavy atom. The highest BCUT2D eigenvalue weighted by atomic mass is 14.8. The Bertz CT molecular complexity index is 1160. The van der Waals surface area contributed by atoms with Crippen LogP contribution in [0, 0.1) is 27.7 Å². The molecule has 160 valence electrons. The topological polar surface area (TPSA) is 56.3 Å². The summed E-state index contributed by atoms with van der Waals surface area (Å²) in [6, 6.07) is 0. The van der Waals surface area contributed by atoms with Gasteiger partial charge in [0.25, 0.3) is 0 Å². The second kappa shape index (κ2) is 7.84. The zero-order valence-corrected chi connectivity index (χ0v) is 19.9. The van der Waals surface area contributed by atoms with Crippen LogP contribution in [0.3, 0.4) is 0 Å². The van der Waals surface area contributed by atoms with Crippen molar-refractivity contribution in [3.8, 4) is 0 Å². The number of nitrogens with one attached hydrogen (secondary N) is 2. The summed E-state index contributed by atoms with van der Waals surface area (Å²) >= 11 is 0. The van der Waals surface area contributed by atoms with Crippen molar-refractivity contribution in [3.63, 3.8) is 0 Å². The van der Waals surface area contributed by atoms with Crippen LogP contribution in [0.2, 0.25) is 0 Å². The van der Waals surface area contributed by atoms with E-state index >= 15 is 0 Å². The van der Waals surface area contributed by atoms with E-state index < -0.39 is 0 Å². The third-order valence-corrected chi connectivity index (χ3v) is 6.58. The maximum Gasteiger partial charge on any atom is 0.0683 e. The maximum absolute atomic E-state index is 4.66. The minimum Gasteiger partial charge on any atom is -0.358 e. The lowest BCUT2D eigenvalue weighted by atomic mass is 10.0. The van der Waals surface area contributed by atoms with Gasteiger partial charge in [-0.25, -0.2) is 0 Å². The second-order valence-electron chi connectivity index (χ2n) is 8.93. The van der Waals surface area contributed by atoms with Gasteiger partial charge >= 0.3 is 0 Å². The molecule has 0 saturated heterocycles. The molecule has 31 heavy (non-hydrogen) atoms. The van der Waals surface area contributed by atoms with Gasteiger partial charge in [0.2, 0.25) is 0 Å². The van der Waals surface area contributed by atoms with Crippen molar-refractivity contribution in [2.45, 2.75) is 61.8 Å². The molecule has 4 rings (SSSR count). The van der Waals surface area contributed by atoms with Gasteiger partial charge in [-0.05, 0) is 113 Å². The van der Waals surface area contributed by atoms with Crippen molar-refractivity contribution in [2.75, 3.05) is 0 Å². The largest absolute Gasteiger partial charge is 0.358 e. The van der Waals surface area contributed by atoms with Crippen molar-refractivity contribution in [3.05, 3.63) is 79.7 Å². The Morgan fingerprint density at radius 1 is 0.613 bits per heavy atom. The van der Waals surface area contributed by atoms with Gasteiger partial charge in [0.1, 0.15) is 0 Å². The number of allylic oxidation sites excluding steroid dienone is 4. The molecule has 4 nitrogen and oxygen atoms in total.